The van der Waals surface area contributed by atoms with Crippen molar-refractivity contribution in [3.05, 3.63) is 29.2 Å². The van der Waals surface area contributed by atoms with Gasteiger partial charge in [-0.25, -0.2) is 0 Å². The molecule has 0 radical (unpaired) electrons. The molecule has 0 spiro atoms. The number of rotatable bonds is 3. The molecule has 1 aliphatic heterocycles. The van der Waals surface area contributed by atoms with Crippen molar-refractivity contribution in [2.45, 2.75) is 52.0 Å². The minimum absolute atomic E-state index is 0.0559. The van der Waals surface area contributed by atoms with E-state index in [0.29, 0.717) is 29.9 Å². The number of carbonyl (C=O) groups excluding carboxylic acids is 1. The van der Waals surface area contributed by atoms with Crippen LogP contribution in [0, 0.1) is 6.92 Å². The van der Waals surface area contributed by atoms with Crippen LogP contribution in [0.5, 0.6) is 0 Å². The highest BCUT2D eigenvalue weighted by Crippen LogP contribution is 2.30. The van der Waals surface area contributed by atoms with E-state index in [1.165, 1.54) is 0 Å². The fourth-order valence-electron chi connectivity index (χ4n) is 3.17. The molecule has 3 heterocycles. The van der Waals surface area contributed by atoms with Crippen molar-refractivity contribution in [3.63, 3.8) is 0 Å². The predicted octanol–water partition coefficient (Wildman–Crippen LogP) is 2.60. The summed E-state index contributed by atoms with van der Waals surface area (Å²) in [7, 11) is 1.88. The van der Waals surface area contributed by atoms with Gasteiger partial charge in [0.1, 0.15) is 0 Å². The smallest absolute Gasteiger partial charge is 0.274 e. The molecule has 124 valence electrons. The zero-order chi connectivity index (χ0) is 16.6. The van der Waals surface area contributed by atoms with Gasteiger partial charge in [0.25, 0.3) is 5.91 Å². The summed E-state index contributed by atoms with van der Waals surface area (Å²) in [4.78, 5) is 19.1. The van der Waals surface area contributed by atoms with Crippen LogP contribution in [0.3, 0.4) is 0 Å². The number of aromatic nitrogens is 4. The molecule has 3 rings (SSSR count). The molecule has 23 heavy (non-hydrogen) atoms. The lowest BCUT2D eigenvalue weighted by atomic mass is 10.0. The van der Waals surface area contributed by atoms with Gasteiger partial charge in [0.05, 0.1) is 6.04 Å². The zero-order valence-electron chi connectivity index (χ0n) is 14.1. The van der Waals surface area contributed by atoms with E-state index in [1.807, 2.05) is 18.0 Å². The Kier molecular flexibility index (Phi) is 4.19. The monoisotopic (exact) mass is 317 g/mol. The molecule has 2 aromatic heterocycles. The number of hydrogen-bond donors (Lipinski definition) is 0. The molecule has 1 aliphatic rings. The van der Waals surface area contributed by atoms with Gasteiger partial charge in [0, 0.05) is 26.2 Å². The third-order valence-corrected chi connectivity index (χ3v) is 4.33. The number of aryl methyl sites for hydroxylation is 2. The maximum absolute atomic E-state index is 12.9. The van der Waals surface area contributed by atoms with Crippen LogP contribution in [0.4, 0.5) is 0 Å². The van der Waals surface area contributed by atoms with Gasteiger partial charge in [-0.2, -0.15) is 10.1 Å². The molecule has 0 saturated carbocycles. The second kappa shape index (κ2) is 6.14. The van der Waals surface area contributed by atoms with Crippen LogP contribution in [-0.4, -0.2) is 37.3 Å². The van der Waals surface area contributed by atoms with Crippen LogP contribution in [0.15, 0.2) is 10.6 Å². The van der Waals surface area contributed by atoms with Crippen LogP contribution in [0.1, 0.15) is 73.0 Å². The van der Waals surface area contributed by atoms with E-state index >= 15 is 0 Å². The first-order valence-corrected chi connectivity index (χ1v) is 8.12. The van der Waals surface area contributed by atoms with Gasteiger partial charge >= 0.3 is 0 Å². The van der Waals surface area contributed by atoms with E-state index in [4.69, 9.17) is 4.52 Å². The van der Waals surface area contributed by atoms with Crippen LogP contribution >= 0.6 is 0 Å². The van der Waals surface area contributed by atoms with E-state index in [-0.39, 0.29) is 11.9 Å². The van der Waals surface area contributed by atoms with Crippen molar-refractivity contribution in [2.75, 3.05) is 6.54 Å². The molecular formula is C16H23N5O2. The Morgan fingerprint density at radius 1 is 1.39 bits per heavy atom. The minimum atomic E-state index is -0.127. The first-order valence-electron chi connectivity index (χ1n) is 8.12. The van der Waals surface area contributed by atoms with E-state index in [9.17, 15) is 4.79 Å². The van der Waals surface area contributed by atoms with Gasteiger partial charge in [-0.1, -0.05) is 19.0 Å². The third-order valence-electron chi connectivity index (χ3n) is 4.33. The van der Waals surface area contributed by atoms with Crippen LogP contribution in [0.2, 0.25) is 0 Å². The fraction of sp³-hybridized carbons (Fsp3) is 0.625. The number of piperidine rings is 1. The van der Waals surface area contributed by atoms with Gasteiger partial charge in [-0.15, -0.1) is 0 Å². The Hall–Kier alpha value is -2.18. The molecule has 1 atom stereocenters. The van der Waals surface area contributed by atoms with Gasteiger partial charge in [-0.3, -0.25) is 9.48 Å². The van der Waals surface area contributed by atoms with Gasteiger partial charge < -0.3 is 9.42 Å². The molecule has 1 unspecified atom stereocenters. The summed E-state index contributed by atoms with van der Waals surface area (Å²) in [6.45, 7) is 6.65. The highest BCUT2D eigenvalue weighted by molar-refractivity contribution is 5.92. The first-order chi connectivity index (χ1) is 11.0. The summed E-state index contributed by atoms with van der Waals surface area (Å²) < 4.78 is 6.87. The second-order valence-corrected chi connectivity index (χ2v) is 6.41. The summed E-state index contributed by atoms with van der Waals surface area (Å²) in [6, 6.07) is 1.76. The molecule has 7 nitrogen and oxygen atoms in total. The minimum Gasteiger partial charge on any atom is -0.340 e. The quantitative estimate of drug-likeness (QED) is 0.869. The maximum Gasteiger partial charge on any atom is 0.274 e. The number of carbonyl (C=O) groups is 1. The molecule has 7 heteroatoms. The average Bonchev–Trinajstić information content (AvgIpc) is 3.12. The lowest BCUT2D eigenvalue weighted by Crippen LogP contribution is -2.39. The van der Waals surface area contributed by atoms with Crippen LogP contribution < -0.4 is 0 Å². The second-order valence-electron chi connectivity index (χ2n) is 6.41. The molecular weight excluding hydrogens is 294 g/mol. The molecule has 1 saturated heterocycles. The molecule has 1 amide bonds. The molecule has 0 bridgehead atoms. The number of nitrogens with zero attached hydrogens (tertiary/aromatic N) is 5. The maximum atomic E-state index is 12.9. The Morgan fingerprint density at radius 2 is 2.17 bits per heavy atom. The summed E-state index contributed by atoms with van der Waals surface area (Å²) in [5.41, 5.74) is 1.54. The Morgan fingerprint density at radius 3 is 2.78 bits per heavy atom. The Bertz CT molecular complexity index is 703. The summed E-state index contributed by atoms with van der Waals surface area (Å²) >= 11 is 0. The van der Waals surface area contributed by atoms with Crippen molar-refractivity contribution < 1.29 is 9.32 Å². The predicted molar refractivity (Wildman–Crippen MR) is 84.0 cm³/mol. The standard InChI is InChI=1S/C16H23N5O2/c1-10(2)14-9-12(18-20(14)4)16(22)21-8-6-5-7-13(21)15-17-11(3)23-19-15/h9-10,13H,5-8H2,1-4H3. The lowest BCUT2D eigenvalue weighted by molar-refractivity contribution is 0.0590. The van der Waals surface area contributed by atoms with Crippen LogP contribution in [0.25, 0.3) is 0 Å². The normalized spacial score (nSPS) is 18.7. The van der Waals surface area contributed by atoms with Gasteiger partial charge in [0.2, 0.25) is 5.89 Å². The molecule has 0 aromatic carbocycles. The number of likely N-dealkylation sites (tertiary alicyclic amines) is 1. The number of amides is 1. The SMILES string of the molecule is Cc1nc(C2CCCCN2C(=O)c2cc(C(C)C)n(C)n2)no1. The van der Waals surface area contributed by atoms with E-state index in [0.717, 1.165) is 25.0 Å². The average molecular weight is 317 g/mol. The Labute approximate surface area is 135 Å². The lowest BCUT2D eigenvalue weighted by Gasteiger charge is -2.33. The van der Waals surface area contributed by atoms with Crippen molar-refractivity contribution in [1.82, 2.24) is 24.8 Å². The van der Waals surface area contributed by atoms with E-state index in [2.05, 4.69) is 29.1 Å². The summed E-state index contributed by atoms with van der Waals surface area (Å²) in [5, 5.41) is 8.41. The molecule has 0 N–H and O–H groups in total. The summed E-state index contributed by atoms with van der Waals surface area (Å²) in [6.07, 6.45) is 2.90. The van der Waals surface area contributed by atoms with E-state index in [1.54, 1.807) is 11.6 Å². The largest absolute Gasteiger partial charge is 0.340 e. The van der Waals surface area contributed by atoms with Crippen molar-refractivity contribution in [2.24, 2.45) is 7.05 Å². The van der Waals surface area contributed by atoms with Gasteiger partial charge in [-0.05, 0) is 31.2 Å². The van der Waals surface area contributed by atoms with Gasteiger partial charge in [0.15, 0.2) is 11.5 Å². The number of hydrogen-bond acceptors (Lipinski definition) is 5. The molecule has 1 fully saturated rings. The zero-order valence-corrected chi connectivity index (χ0v) is 14.1. The van der Waals surface area contributed by atoms with Crippen molar-refractivity contribution in [3.8, 4) is 0 Å². The third kappa shape index (κ3) is 3.00. The molecule has 2 aromatic rings. The highest BCUT2D eigenvalue weighted by atomic mass is 16.5. The summed E-state index contributed by atoms with van der Waals surface area (Å²) in [5.74, 6) is 1.39. The molecule has 0 aliphatic carbocycles. The highest BCUT2D eigenvalue weighted by Gasteiger charge is 2.33. The van der Waals surface area contributed by atoms with E-state index < -0.39 is 0 Å². The first kappa shape index (κ1) is 15.7. The topological polar surface area (TPSA) is 77.1 Å². The van der Waals surface area contributed by atoms with Crippen molar-refractivity contribution >= 4 is 5.91 Å². The fourth-order valence-corrected chi connectivity index (χ4v) is 3.17. The van der Waals surface area contributed by atoms with Crippen molar-refractivity contribution in [1.29, 1.82) is 0 Å². The van der Waals surface area contributed by atoms with Crippen LogP contribution in [-0.2, 0) is 7.05 Å². The Balaban J connectivity index is 1.88.